The van der Waals surface area contributed by atoms with Crippen molar-refractivity contribution in [2.75, 3.05) is 32.8 Å². The summed E-state index contributed by atoms with van der Waals surface area (Å²) in [5, 5.41) is 3.68. The van der Waals surface area contributed by atoms with E-state index in [1.807, 2.05) is 0 Å². The van der Waals surface area contributed by atoms with Crippen molar-refractivity contribution in [2.24, 2.45) is 5.92 Å². The molecule has 2 aliphatic heterocycles. The van der Waals surface area contributed by atoms with Gasteiger partial charge in [-0.05, 0) is 40.7 Å². The van der Waals surface area contributed by atoms with Crippen LogP contribution in [-0.4, -0.2) is 61.0 Å². The maximum Gasteiger partial charge on any atom is 0.0790 e. The number of morpholine rings is 1. The molecule has 0 aliphatic carbocycles. The summed E-state index contributed by atoms with van der Waals surface area (Å²) in [5.41, 5.74) is -0.203. The van der Waals surface area contributed by atoms with Gasteiger partial charge in [0.05, 0.1) is 24.4 Å². The summed E-state index contributed by atoms with van der Waals surface area (Å²) in [5.74, 6) is 0.500. The van der Waals surface area contributed by atoms with E-state index in [9.17, 15) is 0 Å². The molecule has 4 heteroatoms. The van der Waals surface area contributed by atoms with Crippen LogP contribution in [0.25, 0.3) is 0 Å². The van der Waals surface area contributed by atoms with Crippen LogP contribution in [0, 0.1) is 5.92 Å². The Bertz CT molecular complexity index is 344. The smallest absolute Gasteiger partial charge is 0.0790 e. The van der Waals surface area contributed by atoms with E-state index >= 15 is 0 Å². The van der Waals surface area contributed by atoms with Crippen molar-refractivity contribution in [3.8, 4) is 0 Å². The fraction of sp³-hybridized carbons (Fsp3) is 1.00. The highest BCUT2D eigenvalue weighted by Crippen LogP contribution is 2.43. The fourth-order valence-corrected chi connectivity index (χ4v) is 4.19. The van der Waals surface area contributed by atoms with Crippen molar-refractivity contribution in [1.82, 2.24) is 10.2 Å². The van der Waals surface area contributed by atoms with Crippen molar-refractivity contribution in [1.29, 1.82) is 0 Å². The van der Waals surface area contributed by atoms with E-state index < -0.39 is 0 Å². The highest BCUT2D eigenvalue weighted by Gasteiger charge is 2.53. The van der Waals surface area contributed by atoms with Gasteiger partial charge in [-0.1, -0.05) is 13.8 Å². The van der Waals surface area contributed by atoms with Gasteiger partial charge < -0.3 is 14.8 Å². The lowest BCUT2D eigenvalue weighted by Crippen LogP contribution is -2.54. The second-order valence-electron chi connectivity index (χ2n) is 7.58. The van der Waals surface area contributed by atoms with Gasteiger partial charge in [0.15, 0.2) is 0 Å². The maximum atomic E-state index is 6.40. The second-order valence-corrected chi connectivity index (χ2v) is 7.58. The Morgan fingerprint density at radius 2 is 1.86 bits per heavy atom. The first-order chi connectivity index (χ1) is 9.81. The molecule has 0 amide bonds. The first kappa shape index (κ1) is 17.2. The highest BCUT2D eigenvalue weighted by molar-refractivity contribution is 5.06. The second kappa shape index (κ2) is 6.53. The molecule has 0 aromatic carbocycles. The van der Waals surface area contributed by atoms with Crippen molar-refractivity contribution in [2.45, 2.75) is 71.2 Å². The third kappa shape index (κ3) is 3.61. The third-order valence-corrected chi connectivity index (χ3v) is 5.25. The lowest BCUT2D eigenvalue weighted by molar-refractivity contribution is -0.0842. The minimum absolute atomic E-state index is 0.0903. The van der Waals surface area contributed by atoms with Gasteiger partial charge in [0.25, 0.3) is 0 Å². The van der Waals surface area contributed by atoms with Gasteiger partial charge in [0, 0.05) is 31.1 Å². The number of hydrogen-bond acceptors (Lipinski definition) is 4. The SMILES string of the molecule is CCNC1C(CN2CCOCC2CC)C(C)(C)OC1(C)C. The number of hydrogen-bond donors (Lipinski definition) is 1. The predicted molar refractivity (Wildman–Crippen MR) is 86.7 cm³/mol. The predicted octanol–water partition coefficient (Wildman–Crippen LogP) is 2.28. The fourth-order valence-electron chi connectivity index (χ4n) is 4.19. The quantitative estimate of drug-likeness (QED) is 0.844. The molecule has 0 aromatic heterocycles. The van der Waals surface area contributed by atoms with Crippen molar-refractivity contribution in [3.05, 3.63) is 0 Å². The van der Waals surface area contributed by atoms with Crippen molar-refractivity contribution < 1.29 is 9.47 Å². The van der Waals surface area contributed by atoms with E-state index in [1.54, 1.807) is 0 Å². The van der Waals surface area contributed by atoms with Crippen LogP contribution in [0.5, 0.6) is 0 Å². The standard InChI is InChI=1S/C17H34N2O2/c1-7-13-12-20-10-9-19(13)11-14-15(18-8-2)17(5,6)21-16(14,3)4/h13-15,18H,7-12H2,1-6H3. The van der Waals surface area contributed by atoms with Crippen molar-refractivity contribution >= 4 is 0 Å². The highest BCUT2D eigenvalue weighted by atomic mass is 16.5. The van der Waals surface area contributed by atoms with E-state index in [0.717, 1.165) is 39.3 Å². The normalized spacial score (nSPS) is 36.0. The Morgan fingerprint density at radius 3 is 2.48 bits per heavy atom. The van der Waals surface area contributed by atoms with Gasteiger partial charge in [-0.15, -0.1) is 0 Å². The minimum Gasteiger partial charge on any atom is -0.378 e. The number of likely N-dealkylation sites (N-methyl/N-ethyl adjacent to an activating group) is 1. The van der Waals surface area contributed by atoms with Crippen LogP contribution in [0.2, 0.25) is 0 Å². The summed E-state index contributed by atoms with van der Waals surface area (Å²) in [6.07, 6.45) is 1.16. The Labute approximate surface area is 130 Å². The first-order valence-electron chi connectivity index (χ1n) is 8.57. The number of rotatable bonds is 5. The van der Waals surface area contributed by atoms with Crippen molar-refractivity contribution in [3.63, 3.8) is 0 Å². The molecule has 0 spiro atoms. The molecule has 3 unspecified atom stereocenters. The summed E-state index contributed by atoms with van der Waals surface area (Å²) < 4.78 is 12.1. The Hall–Kier alpha value is -0.160. The summed E-state index contributed by atoms with van der Waals surface area (Å²) in [7, 11) is 0. The van der Waals surface area contributed by atoms with E-state index in [1.165, 1.54) is 0 Å². The van der Waals surface area contributed by atoms with Crippen LogP contribution in [0.4, 0.5) is 0 Å². The average molecular weight is 298 g/mol. The molecule has 2 fully saturated rings. The molecule has 0 radical (unpaired) electrons. The maximum absolute atomic E-state index is 6.40. The summed E-state index contributed by atoms with van der Waals surface area (Å²) >= 11 is 0. The molecule has 2 aliphatic rings. The van der Waals surface area contributed by atoms with E-state index in [0.29, 0.717) is 18.0 Å². The van der Waals surface area contributed by atoms with Gasteiger partial charge in [-0.2, -0.15) is 0 Å². The van der Waals surface area contributed by atoms with Gasteiger partial charge in [-0.25, -0.2) is 0 Å². The topological polar surface area (TPSA) is 33.7 Å². The first-order valence-corrected chi connectivity index (χ1v) is 8.57. The Morgan fingerprint density at radius 1 is 1.14 bits per heavy atom. The largest absolute Gasteiger partial charge is 0.378 e. The van der Waals surface area contributed by atoms with Crippen LogP contribution < -0.4 is 5.32 Å². The molecule has 2 heterocycles. The zero-order valence-corrected chi connectivity index (χ0v) is 14.7. The van der Waals surface area contributed by atoms with Gasteiger partial charge in [0.2, 0.25) is 0 Å². The lowest BCUT2D eigenvalue weighted by Gasteiger charge is -2.40. The number of nitrogens with zero attached hydrogens (tertiary/aromatic N) is 1. The van der Waals surface area contributed by atoms with Gasteiger partial charge >= 0.3 is 0 Å². The molecule has 21 heavy (non-hydrogen) atoms. The van der Waals surface area contributed by atoms with Gasteiger partial charge in [-0.3, -0.25) is 4.90 Å². The molecule has 0 saturated carbocycles. The van der Waals surface area contributed by atoms with Gasteiger partial charge in [0.1, 0.15) is 0 Å². The van der Waals surface area contributed by atoms with E-state index in [4.69, 9.17) is 9.47 Å². The van der Waals surface area contributed by atoms with Crippen LogP contribution in [0.15, 0.2) is 0 Å². The molecule has 2 saturated heterocycles. The molecular weight excluding hydrogens is 264 g/mol. The van der Waals surface area contributed by atoms with Crippen LogP contribution in [-0.2, 0) is 9.47 Å². The summed E-state index contributed by atoms with van der Waals surface area (Å²) in [6, 6.07) is 0.957. The molecule has 1 N–H and O–H groups in total. The Balaban J connectivity index is 2.14. The van der Waals surface area contributed by atoms with Crippen LogP contribution in [0.1, 0.15) is 48.0 Å². The molecule has 2 rings (SSSR count). The molecule has 124 valence electrons. The summed E-state index contributed by atoms with van der Waals surface area (Å²) in [6.45, 7) is 18.2. The molecule has 3 atom stereocenters. The number of nitrogens with one attached hydrogen (secondary N) is 1. The van der Waals surface area contributed by atoms with E-state index in [-0.39, 0.29) is 11.2 Å². The zero-order valence-electron chi connectivity index (χ0n) is 14.7. The minimum atomic E-state index is -0.113. The molecule has 0 bridgehead atoms. The zero-order chi connectivity index (χ0) is 15.7. The van der Waals surface area contributed by atoms with E-state index in [2.05, 4.69) is 51.8 Å². The van der Waals surface area contributed by atoms with Crippen LogP contribution in [0.3, 0.4) is 0 Å². The molecular formula is C17H34N2O2. The molecule has 4 nitrogen and oxygen atoms in total. The lowest BCUT2D eigenvalue weighted by atomic mass is 9.81. The summed E-state index contributed by atoms with van der Waals surface area (Å²) in [4.78, 5) is 2.62. The number of ether oxygens (including phenoxy) is 2. The van der Waals surface area contributed by atoms with Crippen LogP contribution >= 0.6 is 0 Å². The molecule has 0 aromatic rings. The Kier molecular flexibility index (Phi) is 5.35. The average Bonchev–Trinajstić information content (AvgIpc) is 2.57. The monoisotopic (exact) mass is 298 g/mol. The third-order valence-electron chi connectivity index (χ3n) is 5.25.